The lowest BCUT2D eigenvalue weighted by atomic mass is 9.86. The fourth-order valence-corrected chi connectivity index (χ4v) is 5.52. The fourth-order valence-electron chi connectivity index (χ4n) is 5.18. The number of aromatic nitrogens is 2. The molecule has 0 bridgehead atoms. The average Bonchev–Trinajstić information content (AvgIpc) is 3.23. The Bertz CT molecular complexity index is 1150. The van der Waals surface area contributed by atoms with Crippen LogP contribution in [-0.2, 0) is 11.2 Å². The van der Waals surface area contributed by atoms with Gasteiger partial charge in [0.05, 0.1) is 25.2 Å². The molecule has 2 atom stereocenters. The number of hydrogen-bond acceptors (Lipinski definition) is 4. The fraction of sp³-hybridized carbons (Fsp3) is 0.480. The number of fused-ring (bicyclic) bond motifs is 3. The molecule has 3 aromatic rings. The number of ether oxygens (including phenoxy) is 2. The van der Waals surface area contributed by atoms with Gasteiger partial charge < -0.3 is 9.47 Å². The van der Waals surface area contributed by atoms with Crippen LogP contribution in [0.25, 0.3) is 10.9 Å². The van der Waals surface area contributed by atoms with Crippen molar-refractivity contribution in [2.75, 3.05) is 26.8 Å². The highest BCUT2D eigenvalue weighted by Gasteiger charge is 2.37. The van der Waals surface area contributed by atoms with Crippen molar-refractivity contribution in [3.63, 3.8) is 0 Å². The highest BCUT2D eigenvalue weighted by atomic mass is 79.9. The smallest absolute Gasteiger partial charge is 0.257 e. The molecule has 0 N–H and O–H groups in total. The van der Waals surface area contributed by atoms with Gasteiger partial charge in [0.2, 0.25) is 0 Å². The number of benzene rings is 2. The third-order valence-electron chi connectivity index (χ3n) is 6.59. The summed E-state index contributed by atoms with van der Waals surface area (Å²) in [5.41, 5.74) is 4.00. The van der Waals surface area contributed by atoms with Crippen molar-refractivity contribution in [2.24, 2.45) is 0 Å². The van der Waals surface area contributed by atoms with Crippen molar-refractivity contribution in [1.82, 2.24) is 14.7 Å². The van der Waals surface area contributed by atoms with E-state index in [1.807, 2.05) is 39.9 Å². The lowest BCUT2D eigenvalue weighted by Crippen LogP contribution is -2.42. The molecule has 3 heterocycles. The zero-order valence-corrected chi connectivity index (χ0v) is 20.4. The molecule has 5 rings (SSSR count). The van der Waals surface area contributed by atoms with E-state index in [0.29, 0.717) is 18.7 Å². The van der Waals surface area contributed by atoms with Gasteiger partial charge >= 0.3 is 0 Å². The Morgan fingerprint density at radius 2 is 2.03 bits per heavy atom. The van der Waals surface area contributed by atoms with E-state index in [1.54, 1.807) is 7.11 Å². The summed E-state index contributed by atoms with van der Waals surface area (Å²) in [5.74, 6) is -2.12. The second kappa shape index (κ2) is 8.96. The Kier molecular flexibility index (Phi) is 6.18. The minimum atomic E-state index is -2.80. The normalized spacial score (nSPS) is 21.8. The van der Waals surface area contributed by atoms with Gasteiger partial charge in [-0.2, -0.15) is 5.10 Å². The summed E-state index contributed by atoms with van der Waals surface area (Å²) in [5, 5.41) is 5.87. The standard InChI is InChI=1S/C25H28BrF2N3O2/c1-25(27,28)15-30-11-10-17-18(24(30)19-7-6-16(26)13-22(19)32-2)8-9-21-20(17)14-31(29-21)23-5-3-4-12-33-23/h6-9,13-14,23-24H,3-5,10-12,15H2,1-2H3. The Morgan fingerprint density at radius 1 is 1.21 bits per heavy atom. The van der Waals surface area contributed by atoms with Gasteiger partial charge in [0.1, 0.15) is 12.0 Å². The van der Waals surface area contributed by atoms with Gasteiger partial charge in [-0.15, -0.1) is 0 Å². The van der Waals surface area contributed by atoms with Gasteiger partial charge in [-0.1, -0.05) is 28.1 Å². The first-order chi connectivity index (χ1) is 15.8. The molecule has 1 aromatic heterocycles. The third-order valence-corrected chi connectivity index (χ3v) is 7.08. The van der Waals surface area contributed by atoms with Crippen LogP contribution >= 0.6 is 15.9 Å². The number of methoxy groups -OCH3 is 1. The van der Waals surface area contributed by atoms with Gasteiger partial charge in [-0.3, -0.25) is 4.90 Å². The summed E-state index contributed by atoms with van der Waals surface area (Å²) in [6.07, 6.45) is 5.89. The number of halogens is 3. The quantitative estimate of drug-likeness (QED) is 0.407. The van der Waals surface area contributed by atoms with Crippen molar-refractivity contribution >= 4 is 26.8 Å². The first kappa shape index (κ1) is 22.7. The molecular weight excluding hydrogens is 492 g/mol. The van der Waals surface area contributed by atoms with Crippen LogP contribution in [0.2, 0.25) is 0 Å². The van der Waals surface area contributed by atoms with E-state index in [1.165, 1.54) is 5.56 Å². The molecule has 0 radical (unpaired) electrons. The molecule has 2 aromatic carbocycles. The third kappa shape index (κ3) is 4.53. The molecule has 0 aliphatic carbocycles. The molecule has 176 valence electrons. The summed E-state index contributed by atoms with van der Waals surface area (Å²) >= 11 is 3.49. The van der Waals surface area contributed by atoms with Crippen molar-refractivity contribution in [2.45, 2.75) is 50.8 Å². The van der Waals surface area contributed by atoms with E-state index >= 15 is 0 Å². The van der Waals surface area contributed by atoms with Crippen LogP contribution in [0.5, 0.6) is 5.75 Å². The Balaban J connectivity index is 1.62. The Morgan fingerprint density at radius 3 is 2.76 bits per heavy atom. The largest absolute Gasteiger partial charge is 0.496 e. The number of rotatable bonds is 5. The van der Waals surface area contributed by atoms with Crippen molar-refractivity contribution < 1.29 is 18.3 Å². The van der Waals surface area contributed by atoms with E-state index in [2.05, 4.69) is 22.1 Å². The molecule has 1 fully saturated rings. The van der Waals surface area contributed by atoms with Crippen LogP contribution in [0.1, 0.15) is 55.1 Å². The predicted molar refractivity (Wildman–Crippen MR) is 127 cm³/mol. The van der Waals surface area contributed by atoms with Crippen LogP contribution in [0.4, 0.5) is 8.78 Å². The van der Waals surface area contributed by atoms with Crippen LogP contribution in [0.15, 0.2) is 41.0 Å². The summed E-state index contributed by atoms with van der Waals surface area (Å²) in [4.78, 5) is 1.87. The molecule has 0 amide bonds. The van der Waals surface area contributed by atoms with Crippen molar-refractivity contribution in [3.05, 3.63) is 57.7 Å². The number of nitrogens with zero attached hydrogens (tertiary/aromatic N) is 3. The molecule has 33 heavy (non-hydrogen) atoms. The van der Waals surface area contributed by atoms with Gasteiger partial charge in [-0.25, -0.2) is 13.5 Å². The lowest BCUT2D eigenvalue weighted by Gasteiger charge is -2.39. The molecule has 2 unspecified atom stereocenters. The molecule has 8 heteroatoms. The molecule has 1 saturated heterocycles. The molecule has 2 aliphatic heterocycles. The first-order valence-corrected chi connectivity index (χ1v) is 12.2. The summed E-state index contributed by atoms with van der Waals surface area (Å²) < 4.78 is 42.8. The maximum atomic E-state index is 14.2. The predicted octanol–water partition coefficient (Wildman–Crippen LogP) is 6.11. The summed E-state index contributed by atoms with van der Waals surface area (Å²) in [6.45, 7) is 1.95. The maximum Gasteiger partial charge on any atom is 0.257 e. The van der Waals surface area contributed by atoms with Gasteiger partial charge in [0.15, 0.2) is 0 Å². The van der Waals surface area contributed by atoms with Crippen LogP contribution in [0, 0.1) is 0 Å². The van der Waals surface area contributed by atoms with Crippen LogP contribution < -0.4 is 4.74 Å². The van der Waals surface area contributed by atoms with Crippen LogP contribution in [-0.4, -0.2) is 47.4 Å². The van der Waals surface area contributed by atoms with Crippen molar-refractivity contribution in [1.29, 1.82) is 0 Å². The molecular formula is C25H28BrF2N3O2. The van der Waals surface area contributed by atoms with E-state index in [0.717, 1.165) is 59.3 Å². The van der Waals surface area contributed by atoms with E-state index < -0.39 is 5.92 Å². The second-order valence-corrected chi connectivity index (χ2v) is 9.99. The Labute approximate surface area is 200 Å². The average molecular weight is 520 g/mol. The minimum absolute atomic E-state index is 0.0389. The second-order valence-electron chi connectivity index (χ2n) is 9.08. The van der Waals surface area contributed by atoms with Crippen LogP contribution in [0.3, 0.4) is 0 Å². The number of hydrogen-bond donors (Lipinski definition) is 0. The topological polar surface area (TPSA) is 39.5 Å². The summed E-state index contributed by atoms with van der Waals surface area (Å²) in [7, 11) is 1.62. The molecule has 0 saturated carbocycles. The molecule has 0 spiro atoms. The van der Waals surface area contributed by atoms with E-state index in [4.69, 9.17) is 14.6 Å². The highest BCUT2D eigenvalue weighted by Crippen LogP contribution is 2.43. The van der Waals surface area contributed by atoms with Gasteiger partial charge in [0, 0.05) is 41.7 Å². The van der Waals surface area contributed by atoms with Gasteiger partial charge in [-0.05, 0) is 55.0 Å². The SMILES string of the molecule is COc1cc(Br)ccc1C1c2ccc3nn(C4CCCCO4)cc3c2CCN1CC(C)(F)F. The molecule has 2 aliphatic rings. The van der Waals surface area contributed by atoms with Crippen molar-refractivity contribution in [3.8, 4) is 5.75 Å². The Hall–Kier alpha value is -2.03. The first-order valence-electron chi connectivity index (χ1n) is 11.4. The lowest BCUT2D eigenvalue weighted by molar-refractivity contribution is -0.0390. The zero-order chi connectivity index (χ0) is 23.2. The van der Waals surface area contributed by atoms with E-state index in [9.17, 15) is 8.78 Å². The maximum absolute atomic E-state index is 14.2. The van der Waals surface area contributed by atoms with E-state index in [-0.39, 0.29) is 18.8 Å². The zero-order valence-electron chi connectivity index (χ0n) is 18.9. The summed E-state index contributed by atoms with van der Waals surface area (Å²) in [6, 6.07) is 9.50. The molecule has 5 nitrogen and oxygen atoms in total. The highest BCUT2D eigenvalue weighted by molar-refractivity contribution is 9.10. The monoisotopic (exact) mass is 519 g/mol. The minimum Gasteiger partial charge on any atom is -0.496 e. The number of alkyl halides is 2. The van der Waals surface area contributed by atoms with Gasteiger partial charge in [0.25, 0.3) is 5.92 Å².